The second kappa shape index (κ2) is 7.93. The molecule has 3 rings (SSSR count). The van der Waals surface area contributed by atoms with E-state index in [4.69, 9.17) is 0 Å². The predicted octanol–water partition coefficient (Wildman–Crippen LogP) is 5.41. The molecule has 0 amide bonds. The molecule has 0 aliphatic carbocycles. The van der Waals surface area contributed by atoms with E-state index in [1.807, 2.05) is 60.7 Å². The van der Waals surface area contributed by atoms with Crippen LogP contribution in [0.15, 0.2) is 89.8 Å². The van der Waals surface area contributed by atoms with E-state index in [0.717, 1.165) is 10.5 Å². The fourth-order valence-electron chi connectivity index (χ4n) is 2.48. The van der Waals surface area contributed by atoms with Gasteiger partial charge in [-0.2, -0.15) is 0 Å². The maximum Gasteiger partial charge on any atom is 0.176 e. The zero-order chi connectivity index (χ0) is 16.8. The number of ketones is 1. The predicted molar refractivity (Wildman–Crippen MR) is 97.0 cm³/mol. The van der Waals surface area contributed by atoms with Crippen LogP contribution in [0.4, 0.5) is 4.39 Å². The summed E-state index contributed by atoms with van der Waals surface area (Å²) < 4.78 is 13.1. The minimum absolute atomic E-state index is 0.0210. The first-order valence-corrected chi connectivity index (χ1v) is 8.66. The Labute approximate surface area is 145 Å². The van der Waals surface area contributed by atoms with Crippen LogP contribution in [0.5, 0.6) is 0 Å². The normalized spacial score (nSPS) is 11.9. The third-order valence-electron chi connectivity index (χ3n) is 3.71. The number of carbonyl (C=O) groups excluding carboxylic acids is 1. The second-order valence-corrected chi connectivity index (χ2v) is 6.76. The van der Waals surface area contributed by atoms with E-state index in [-0.39, 0.29) is 16.9 Å². The highest BCUT2D eigenvalue weighted by atomic mass is 32.2. The van der Waals surface area contributed by atoms with Gasteiger partial charge in [-0.3, -0.25) is 4.79 Å². The van der Waals surface area contributed by atoms with Crippen LogP contribution in [-0.4, -0.2) is 11.0 Å². The Morgan fingerprint density at radius 3 is 2.04 bits per heavy atom. The van der Waals surface area contributed by atoms with E-state index in [9.17, 15) is 9.18 Å². The smallest absolute Gasteiger partial charge is 0.176 e. The number of thioether (sulfide) groups is 1. The Kier molecular flexibility index (Phi) is 5.44. The van der Waals surface area contributed by atoms with Gasteiger partial charge in [0.1, 0.15) is 5.82 Å². The summed E-state index contributed by atoms with van der Waals surface area (Å²) in [6, 6.07) is 25.6. The van der Waals surface area contributed by atoms with Crippen molar-refractivity contribution in [3.8, 4) is 0 Å². The van der Waals surface area contributed by atoms with Crippen molar-refractivity contribution in [2.24, 2.45) is 0 Å². The van der Waals surface area contributed by atoms with Crippen molar-refractivity contribution in [3.63, 3.8) is 0 Å². The van der Waals surface area contributed by atoms with Gasteiger partial charge in [0.05, 0.1) is 5.25 Å². The van der Waals surface area contributed by atoms with E-state index in [1.54, 1.807) is 23.9 Å². The van der Waals surface area contributed by atoms with Crippen molar-refractivity contribution in [2.45, 2.75) is 16.6 Å². The van der Waals surface area contributed by atoms with Crippen molar-refractivity contribution < 1.29 is 9.18 Å². The fourth-order valence-corrected chi connectivity index (χ4v) is 3.64. The summed E-state index contributed by atoms with van der Waals surface area (Å²) in [7, 11) is 0. The fraction of sp³-hybridized carbons (Fsp3) is 0.0952. The van der Waals surface area contributed by atoms with Crippen molar-refractivity contribution in [1.29, 1.82) is 0 Å². The lowest BCUT2D eigenvalue weighted by Gasteiger charge is -2.16. The van der Waals surface area contributed by atoms with E-state index in [0.29, 0.717) is 12.0 Å². The SMILES string of the molecule is O=C(c1ccc(F)cc1)C(Cc1ccccc1)Sc1ccccc1. The third-order valence-corrected chi connectivity index (χ3v) is 4.92. The van der Waals surface area contributed by atoms with E-state index < -0.39 is 0 Å². The summed E-state index contributed by atoms with van der Waals surface area (Å²) in [6.07, 6.45) is 0.636. The lowest BCUT2D eigenvalue weighted by Crippen LogP contribution is -2.20. The molecule has 0 spiro atoms. The Morgan fingerprint density at radius 2 is 1.42 bits per heavy atom. The van der Waals surface area contributed by atoms with Gasteiger partial charge >= 0.3 is 0 Å². The maximum absolute atomic E-state index is 13.1. The number of hydrogen-bond acceptors (Lipinski definition) is 2. The van der Waals surface area contributed by atoms with Gasteiger partial charge < -0.3 is 0 Å². The van der Waals surface area contributed by atoms with Crippen LogP contribution in [0.2, 0.25) is 0 Å². The molecule has 0 radical (unpaired) electrons. The Morgan fingerprint density at radius 1 is 0.833 bits per heavy atom. The molecule has 24 heavy (non-hydrogen) atoms. The van der Waals surface area contributed by atoms with E-state index in [1.165, 1.54) is 12.1 Å². The number of rotatable bonds is 6. The Bertz CT molecular complexity index is 744. The number of benzene rings is 3. The summed E-state index contributed by atoms with van der Waals surface area (Å²) in [5.74, 6) is -0.311. The first kappa shape index (κ1) is 16.5. The minimum atomic E-state index is -0.332. The van der Waals surface area contributed by atoms with Gasteiger partial charge in [-0.15, -0.1) is 11.8 Å². The molecule has 0 N–H and O–H groups in total. The van der Waals surface area contributed by atoms with Crippen molar-refractivity contribution in [3.05, 3.63) is 102 Å². The molecule has 0 heterocycles. The van der Waals surface area contributed by atoms with Gasteiger partial charge in [-0.25, -0.2) is 4.39 Å². The molecule has 3 aromatic carbocycles. The van der Waals surface area contributed by atoms with Crippen LogP contribution in [0.3, 0.4) is 0 Å². The molecule has 0 aromatic heterocycles. The molecule has 1 unspecified atom stereocenters. The van der Waals surface area contributed by atoms with Gasteiger partial charge in [-0.05, 0) is 48.4 Å². The van der Waals surface area contributed by atoms with Crippen molar-refractivity contribution >= 4 is 17.5 Å². The highest BCUT2D eigenvalue weighted by Gasteiger charge is 2.22. The largest absolute Gasteiger partial charge is 0.293 e. The van der Waals surface area contributed by atoms with E-state index in [2.05, 4.69) is 0 Å². The monoisotopic (exact) mass is 336 g/mol. The van der Waals surface area contributed by atoms with Crippen LogP contribution in [0.25, 0.3) is 0 Å². The zero-order valence-electron chi connectivity index (χ0n) is 13.1. The number of carbonyl (C=O) groups is 1. The Hall–Kier alpha value is -2.39. The van der Waals surface area contributed by atoms with Gasteiger partial charge in [0.2, 0.25) is 0 Å². The van der Waals surface area contributed by atoms with Crippen LogP contribution in [0, 0.1) is 5.82 Å². The average molecular weight is 336 g/mol. The molecule has 1 atom stereocenters. The second-order valence-electron chi connectivity index (χ2n) is 5.48. The standard InChI is InChI=1S/C21H17FOS/c22-18-13-11-17(12-14-18)21(23)20(15-16-7-3-1-4-8-16)24-19-9-5-2-6-10-19/h1-14,20H,15H2. The molecule has 0 fully saturated rings. The Balaban J connectivity index is 1.85. The molecular weight excluding hydrogens is 319 g/mol. The van der Waals surface area contributed by atoms with Crippen LogP contribution < -0.4 is 0 Å². The topological polar surface area (TPSA) is 17.1 Å². The van der Waals surface area contributed by atoms with Crippen molar-refractivity contribution in [1.82, 2.24) is 0 Å². The van der Waals surface area contributed by atoms with Gasteiger partial charge in [-0.1, -0.05) is 48.5 Å². The van der Waals surface area contributed by atoms with Gasteiger partial charge in [0.15, 0.2) is 5.78 Å². The van der Waals surface area contributed by atoms with Gasteiger partial charge in [0.25, 0.3) is 0 Å². The molecule has 0 aliphatic rings. The summed E-state index contributed by atoms with van der Waals surface area (Å²) in [5.41, 5.74) is 1.65. The van der Waals surface area contributed by atoms with E-state index >= 15 is 0 Å². The molecule has 0 aliphatic heterocycles. The molecule has 3 heteroatoms. The molecule has 0 saturated carbocycles. The molecule has 1 nitrogen and oxygen atoms in total. The summed E-state index contributed by atoms with van der Waals surface area (Å²) in [4.78, 5) is 14.0. The summed E-state index contributed by atoms with van der Waals surface area (Å²) >= 11 is 1.55. The molecule has 0 saturated heterocycles. The molecule has 120 valence electrons. The van der Waals surface area contributed by atoms with Crippen molar-refractivity contribution in [2.75, 3.05) is 0 Å². The minimum Gasteiger partial charge on any atom is -0.293 e. The number of Topliss-reactive ketones (excluding diaryl/α,β-unsaturated/α-hetero) is 1. The summed E-state index contributed by atoms with van der Waals surface area (Å²) in [5, 5.41) is -0.250. The lowest BCUT2D eigenvalue weighted by atomic mass is 10.0. The van der Waals surface area contributed by atoms with Crippen LogP contribution in [0.1, 0.15) is 15.9 Å². The van der Waals surface area contributed by atoms with Crippen LogP contribution >= 0.6 is 11.8 Å². The molecule has 3 aromatic rings. The zero-order valence-corrected chi connectivity index (χ0v) is 13.9. The number of hydrogen-bond donors (Lipinski definition) is 0. The van der Waals surface area contributed by atoms with Gasteiger partial charge in [0, 0.05) is 10.5 Å². The lowest BCUT2D eigenvalue weighted by molar-refractivity contribution is 0.0989. The summed E-state index contributed by atoms with van der Waals surface area (Å²) in [6.45, 7) is 0. The third kappa shape index (κ3) is 4.33. The number of halogens is 1. The highest BCUT2D eigenvalue weighted by Crippen LogP contribution is 2.28. The first-order chi connectivity index (χ1) is 11.7. The maximum atomic E-state index is 13.1. The molecule has 0 bridgehead atoms. The average Bonchev–Trinajstić information content (AvgIpc) is 2.63. The quantitative estimate of drug-likeness (QED) is 0.442. The molecular formula is C21H17FOS. The first-order valence-electron chi connectivity index (χ1n) is 7.78. The van der Waals surface area contributed by atoms with Crippen LogP contribution in [-0.2, 0) is 6.42 Å². The highest BCUT2D eigenvalue weighted by molar-refractivity contribution is 8.00.